The fraction of sp³-hybridized carbons (Fsp3) is 0.667. The highest BCUT2D eigenvalue weighted by Gasteiger charge is 2.56. The Kier molecular flexibility index (Phi) is 5.24. The molecule has 0 aromatic carbocycles. The molecule has 5 unspecified atom stereocenters. The van der Waals surface area contributed by atoms with Gasteiger partial charge in [0, 0.05) is 25.1 Å². The van der Waals surface area contributed by atoms with Crippen LogP contribution in [0.25, 0.3) is 0 Å². The molecule has 0 aromatic rings. The van der Waals surface area contributed by atoms with E-state index in [1.165, 1.54) is 0 Å². The van der Waals surface area contributed by atoms with Crippen LogP contribution in [0, 0.1) is 0 Å². The maximum Gasteiger partial charge on any atom is 0.246 e. The summed E-state index contributed by atoms with van der Waals surface area (Å²) in [4.78, 5) is 13.3. The van der Waals surface area contributed by atoms with Crippen molar-refractivity contribution in [1.82, 2.24) is 4.90 Å². The molecule has 0 saturated carbocycles. The number of ether oxygens (including phenoxy) is 3. The summed E-state index contributed by atoms with van der Waals surface area (Å²) in [5.41, 5.74) is 5.91. The Morgan fingerprint density at radius 1 is 1.46 bits per heavy atom. The number of rotatable bonds is 6. The number of carbonyl (C=O) groups excluding carboxylic acids is 1. The number of fused-ring (bicyclic) bond motifs is 1. The summed E-state index contributed by atoms with van der Waals surface area (Å²) in [6.07, 6.45) is 4.70. The van der Waals surface area contributed by atoms with Crippen LogP contribution < -0.4 is 5.73 Å². The monoisotopic (exact) mass is 358 g/mol. The van der Waals surface area contributed by atoms with Crippen molar-refractivity contribution in [1.29, 1.82) is 0 Å². The fourth-order valence-corrected chi connectivity index (χ4v) is 3.46. The smallest absolute Gasteiger partial charge is 0.246 e. The normalized spacial score (nSPS) is 34.8. The topological polar surface area (TPSA) is 92.5 Å². The molecule has 3 aliphatic heterocycles. The predicted molar refractivity (Wildman–Crippen MR) is 86.6 cm³/mol. The van der Waals surface area contributed by atoms with E-state index in [9.17, 15) is 4.79 Å². The SMILES string of the molecule is COPOCC1OC(N2C=CCC(C(N)=O)=C2)C2OC(C)(C)OC12. The van der Waals surface area contributed by atoms with Crippen LogP contribution in [-0.2, 0) is 28.1 Å². The van der Waals surface area contributed by atoms with Crippen LogP contribution in [0.3, 0.4) is 0 Å². The Morgan fingerprint density at radius 2 is 2.21 bits per heavy atom. The fourth-order valence-electron chi connectivity index (χ4n) is 3.11. The van der Waals surface area contributed by atoms with E-state index in [1.807, 2.05) is 31.0 Å². The van der Waals surface area contributed by atoms with Crippen LogP contribution in [0.1, 0.15) is 20.3 Å². The van der Waals surface area contributed by atoms with Gasteiger partial charge in [-0.2, -0.15) is 0 Å². The first-order valence-electron chi connectivity index (χ1n) is 7.77. The number of hydrogen-bond acceptors (Lipinski definition) is 7. The minimum Gasteiger partial charge on any atom is -0.366 e. The summed E-state index contributed by atoms with van der Waals surface area (Å²) in [5.74, 6) is -1.14. The van der Waals surface area contributed by atoms with E-state index in [0.717, 1.165) is 0 Å². The highest BCUT2D eigenvalue weighted by Crippen LogP contribution is 2.41. The lowest BCUT2D eigenvalue weighted by molar-refractivity contribution is -0.201. The van der Waals surface area contributed by atoms with Gasteiger partial charge in [-0.1, -0.05) is 6.08 Å². The summed E-state index contributed by atoms with van der Waals surface area (Å²) in [6, 6.07) is 0. The second-order valence-corrected chi connectivity index (χ2v) is 7.15. The largest absolute Gasteiger partial charge is 0.366 e. The van der Waals surface area contributed by atoms with Crippen LogP contribution in [0.2, 0.25) is 0 Å². The van der Waals surface area contributed by atoms with Gasteiger partial charge in [0.05, 0.1) is 6.61 Å². The minimum atomic E-state index is -0.700. The van der Waals surface area contributed by atoms with Crippen molar-refractivity contribution in [2.75, 3.05) is 13.7 Å². The molecule has 2 fully saturated rings. The zero-order chi connectivity index (χ0) is 17.3. The summed E-state index contributed by atoms with van der Waals surface area (Å²) in [5, 5.41) is 0. The molecular weight excluding hydrogens is 335 g/mol. The highest BCUT2D eigenvalue weighted by atomic mass is 31.1. The summed E-state index contributed by atoms with van der Waals surface area (Å²) >= 11 is 0. The van der Waals surface area contributed by atoms with E-state index in [1.54, 1.807) is 13.3 Å². The Balaban J connectivity index is 1.76. The van der Waals surface area contributed by atoms with E-state index in [4.69, 9.17) is 29.0 Å². The lowest BCUT2D eigenvalue weighted by atomic mass is 10.1. The van der Waals surface area contributed by atoms with Gasteiger partial charge in [0.2, 0.25) is 5.91 Å². The molecule has 5 atom stereocenters. The van der Waals surface area contributed by atoms with Crippen molar-refractivity contribution in [2.45, 2.75) is 50.6 Å². The molecule has 3 rings (SSSR count). The summed E-state index contributed by atoms with van der Waals surface area (Å²) in [7, 11) is 1.52. The third kappa shape index (κ3) is 3.64. The first-order valence-corrected chi connectivity index (χ1v) is 8.58. The lowest BCUT2D eigenvalue weighted by Crippen LogP contribution is -2.40. The van der Waals surface area contributed by atoms with Crippen molar-refractivity contribution in [3.05, 3.63) is 24.0 Å². The van der Waals surface area contributed by atoms with E-state index in [-0.39, 0.29) is 27.3 Å². The number of primary amides is 1. The first kappa shape index (κ1) is 17.8. The van der Waals surface area contributed by atoms with Gasteiger partial charge in [-0.15, -0.1) is 0 Å². The van der Waals surface area contributed by atoms with Crippen LogP contribution in [0.15, 0.2) is 24.0 Å². The first-order chi connectivity index (χ1) is 11.4. The van der Waals surface area contributed by atoms with Crippen molar-refractivity contribution >= 4 is 14.9 Å². The number of hydrogen-bond donors (Lipinski definition) is 1. The molecule has 0 aromatic heterocycles. The molecule has 8 nitrogen and oxygen atoms in total. The Hall–Kier alpha value is -1.02. The second-order valence-electron chi connectivity index (χ2n) is 6.28. The molecule has 3 aliphatic rings. The average Bonchev–Trinajstić information content (AvgIpc) is 3.01. The minimum absolute atomic E-state index is 0.0549. The highest BCUT2D eigenvalue weighted by molar-refractivity contribution is 7.26. The zero-order valence-electron chi connectivity index (χ0n) is 13.9. The second kappa shape index (κ2) is 7.07. The molecule has 3 heterocycles. The van der Waals surface area contributed by atoms with Gasteiger partial charge in [0.1, 0.15) is 18.3 Å². The van der Waals surface area contributed by atoms with Gasteiger partial charge in [0.15, 0.2) is 21.0 Å². The molecule has 0 spiro atoms. The molecule has 1 amide bonds. The van der Waals surface area contributed by atoms with Gasteiger partial charge < -0.3 is 33.9 Å². The van der Waals surface area contributed by atoms with Gasteiger partial charge in [-0.05, 0) is 20.3 Å². The Bertz CT molecular complexity index is 552. The average molecular weight is 358 g/mol. The Labute approximate surface area is 142 Å². The molecule has 2 N–H and O–H groups in total. The quantitative estimate of drug-likeness (QED) is 0.559. The van der Waals surface area contributed by atoms with Crippen LogP contribution in [0.4, 0.5) is 0 Å². The molecular formula is C15H23N2O6P. The molecule has 134 valence electrons. The van der Waals surface area contributed by atoms with Crippen LogP contribution >= 0.6 is 9.03 Å². The number of nitrogens with zero attached hydrogens (tertiary/aromatic N) is 1. The van der Waals surface area contributed by atoms with E-state index in [0.29, 0.717) is 18.6 Å². The van der Waals surface area contributed by atoms with E-state index >= 15 is 0 Å². The third-order valence-electron chi connectivity index (χ3n) is 4.05. The number of carbonyl (C=O) groups is 1. The van der Waals surface area contributed by atoms with Gasteiger partial charge in [-0.25, -0.2) is 0 Å². The molecule has 9 heteroatoms. The van der Waals surface area contributed by atoms with Crippen molar-refractivity contribution < 1.29 is 28.1 Å². The van der Waals surface area contributed by atoms with Crippen LogP contribution in [-0.4, -0.2) is 54.9 Å². The van der Waals surface area contributed by atoms with E-state index < -0.39 is 17.9 Å². The zero-order valence-corrected chi connectivity index (χ0v) is 14.9. The molecule has 0 radical (unpaired) electrons. The van der Waals surface area contributed by atoms with Gasteiger partial charge in [0.25, 0.3) is 0 Å². The maximum absolute atomic E-state index is 11.4. The van der Waals surface area contributed by atoms with Crippen molar-refractivity contribution in [3.8, 4) is 0 Å². The van der Waals surface area contributed by atoms with Crippen molar-refractivity contribution in [3.63, 3.8) is 0 Å². The molecule has 24 heavy (non-hydrogen) atoms. The summed E-state index contributed by atoms with van der Waals surface area (Å²) in [6.45, 7) is 4.08. The molecule has 0 bridgehead atoms. The maximum atomic E-state index is 11.4. The third-order valence-corrected chi connectivity index (χ3v) is 4.50. The Morgan fingerprint density at radius 3 is 2.92 bits per heavy atom. The predicted octanol–water partition coefficient (Wildman–Crippen LogP) is 0.991. The standard InChI is InChI=1S/C15H23N2O6P/c1-15(2)22-11-10(8-20-24-19-3)21-14(12(11)23-15)17-6-4-5-9(7-17)13(16)18/h4,6-7,10-12,14,24H,5,8H2,1-3H3,(H2,16,18). The number of amides is 1. The molecule has 0 aliphatic carbocycles. The number of nitrogens with two attached hydrogens (primary N) is 1. The molecule has 2 saturated heterocycles. The number of allylic oxidation sites excluding steroid dienone is 1. The van der Waals surface area contributed by atoms with Crippen LogP contribution in [0.5, 0.6) is 0 Å². The lowest BCUT2D eigenvalue weighted by Gasteiger charge is -2.31. The van der Waals surface area contributed by atoms with Gasteiger partial charge >= 0.3 is 0 Å². The summed E-state index contributed by atoms with van der Waals surface area (Å²) < 4.78 is 28.5. The van der Waals surface area contributed by atoms with Crippen molar-refractivity contribution in [2.24, 2.45) is 5.73 Å². The van der Waals surface area contributed by atoms with Gasteiger partial charge in [-0.3, -0.25) is 4.79 Å². The van der Waals surface area contributed by atoms with E-state index in [2.05, 4.69) is 0 Å².